The second kappa shape index (κ2) is 32.8. The van der Waals surface area contributed by atoms with Gasteiger partial charge in [-0.05, 0) is 0 Å². The maximum atomic E-state index is 15.0. The van der Waals surface area contributed by atoms with Gasteiger partial charge in [-0.3, -0.25) is 17.7 Å². The predicted octanol–water partition coefficient (Wildman–Crippen LogP) is 12.0. The van der Waals surface area contributed by atoms with Crippen molar-refractivity contribution in [2.45, 2.75) is 0 Å². The Balaban J connectivity index is 0.000000411. The molecule has 0 aromatic heterocycles. The van der Waals surface area contributed by atoms with Crippen LogP contribution in [0.15, 0.2) is 0 Å². The molecule has 1 unspecified atom stereocenters. The molecule has 0 heterocycles. The van der Waals surface area contributed by atoms with Gasteiger partial charge in [0.15, 0.2) is 186 Å². The molecule has 0 radical (unpaired) electrons. The van der Waals surface area contributed by atoms with Crippen LogP contribution < -0.4 is 85.0 Å². The van der Waals surface area contributed by atoms with Crippen LogP contribution in [0.3, 0.4) is 0 Å². The fourth-order valence-corrected chi connectivity index (χ4v) is 21.0. The Kier molecular flexibility index (Phi) is 28.6. The molecule has 8 aromatic rings. The summed E-state index contributed by atoms with van der Waals surface area (Å²) in [7, 11) is -32.2. The van der Waals surface area contributed by atoms with E-state index in [9.17, 15) is 128 Å². The molecule has 8 rings (SSSR count). The molecule has 0 saturated heterocycles. The average molecular weight is 1780 g/mol. The maximum Gasteiger partial charge on any atom is 1.00 e. The standard InChI is InChI=1S/C24HF20NO2P2.C24F20NO2P2.FHIP2.2Li/c2*25-1-5(29)13(37)21(14(38)6(1)30)48(46,22-15(39)7(31)2(26)8(32)16(22)40)45-49(47,23-17(41)9(33)3(27)10(34)18(23)42)24-19(43)11(35)4(28)12(36)20(24)44;1-3-4-2;;/h(H,45,46,47);;4H;;/q;2*-1;2*+1. The molecule has 0 bridgehead atoms. The molecule has 0 saturated carbocycles. The van der Waals surface area contributed by atoms with Crippen molar-refractivity contribution in [3.63, 3.8) is 0 Å². The third kappa shape index (κ3) is 14.4. The Morgan fingerprint density at radius 2 is 0.298 bits per heavy atom. The number of hydrogen-bond donors (Lipinski definition) is 1. The third-order valence-electron chi connectivity index (χ3n) is 12.5. The van der Waals surface area contributed by atoms with E-state index in [2.05, 4.69) is 0 Å². The maximum absolute atomic E-state index is 15.0. The first kappa shape index (κ1) is 90.9. The van der Waals surface area contributed by atoms with Crippen LogP contribution in [-0.4, -0.2) is 0 Å². The summed E-state index contributed by atoms with van der Waals surface area (Å²) in [5.41, 5.74) is 0. The van der Waals surface area contributed by atoms with Gasteiger partial charge >= 0.3 is 37.7 Å². The minimum Gasteiger partial charge on any atom is -0.528 e. The van der Waals surface area contributed by atoms with Gasteiger partial charge in [0.25, 0.3) is 0 Å². The Bertz CT molecular complexity index is 4030. The van der Waals surface area contributed by atoms with E-state index in [0.717, 1.165) is 0 Å². The zero-order chi connectivity index (χ0) is 78.5. The van der Waals surface area contributed by atoms with Crippen LogP contribution in [0.1, 0.15) is 0 Å². The van der Waals surface area contributed by atoms with Crippen molar-refractivity contribution in [2.24, 2.45) is 0 Å². The fourth-order valence-electron chi connectivity index (χ4n) is 8.12. The summed E-state index contributed by atoms with van der Waals surface area (Å²) in [5, 5.41) is -28.0. The van der Waals surface area contributed by atoms with Gasteiger partial charge in [-0.25, -0.2) is 176 Å². The van der Waals surface area contributed by atoms with Gasteiger partial charge in [0.1, 0.15) is 21.2 Å². The van der Waals surface area contributed by atoms with Crippen molar-refractivity contribution in [1.82, 2.24) is 4.86 Å². The number of nitrogens with zero attached hydrogens (tertiary/aromatic N) is 1. The van der Waals surface area contributed by atoms with Gasteiger partial charge < -0.3 is 18.2 Å². The SMILES string of the molecule is F[P-]PI.O=P(NP(=O)(c1c(F)c(F)c(F)c(F)c1F)c1c(F)c(F)c(F)c(F)c1F)(c1c(F)c(F)c(F)c(F)c1F)c1c(F)c(F)c(F)c(F)c1F.O=P([N-]P(=O)(c1c(F)c(F)c(F)c(F)c1F)c1c(F)c(F)c(F)c(F)c1F)(c1c(F)c(F)c(F)c(F)c1F)c1c(F)c(F)c(F)c(F)c1F.[Li+].[Li+]. The van der Waals surface area contributed by atoms with Crippen LogP contribution in [0.2, 0.25) is 0 Å². The Labute approximate surface area is 583 Å². The molecule has 554 valence electrons. The van der Waals surface area contributed by atoms with Gasteiger partial charge in [-0.2, -0.15) is 10.8 Å². The smallest absolute Gasteiger partial charge is 0.528 e. The van der Waals surface area contributed by atoms with Crippen molar-refractivity contribution < 1.29 is 236 Å². The van der Waals surface area contributed by atoms with Gasteiger partial charge in [0.2, 0.25) is 61.1 Å². The van der Waals surface area contributed by atoms with Crippen molar-refractivity contribution in [1.29, 1.82) is 0 Å². The zero-order valence-electron chi connectivity index (χ0n) is 47.2. The van der Waals surface area contributed by atoms with Crippen LogP contribution >= 0.6 is 65.7 Å². The summed E-state index contributed by atoms with van der Waals surface area (Å²) < 4.78 is 646. The first-order chi connectivity index (χ1) is 46.7. The second-order valence-corrected chi connectivity index (χ2v) is 33.6. The topological polar surface area (TPSA) is 94.4 Å². The molecule has 0 spiro atoms. The van der Waals surface area contributed by atoms with Gasteiger partial charge in [0.05, 0.1) is 35.8 Å². The molecule has 0 aliphatic carbocycles. The van der Waals surface area contributed by atoms with E-state index in [1.54, 1.807) is 0 Å². The zero-order valence-corrected chi connectivity index (χ0v) is 54.8. The largest absolute Gasteiger partial charge is 1.00 e. The summed E-state index contributed by atoms with van der Waals surface area (Å²) in [6, 6.07) is 0. The van der Waals surface area contributed by atoms with Crippen molar-refractivity contribution in [3.8, 4) is 0 Å². The number of rotatable bonds is 13. The van der Waals surface area contributed by atoms with E-state index in [-0.39, 0.29) is 51.2 Å². The Morgan fingerprint density at radius 3 is 0.394 bits per heavy atom. The van der Waals surface area contributed by atoms with Crippen LogP contribution in [-0.2, 0) is 18.3 Å². The van der Waals surface area contributed by atoms with Crippen molar-refractivity contribution >= 4 is 108 Å². The summed E-state index contributed by atoms with van der Waals surface area (Å²) in [5.74, 6) is -139. The summed E-state index contributed by atoms with van der Waals surface area (Å²) >= 11 is 1.99. The second-order valence-electron chi connectivity index (χ2n) is 18.1. The van der Waals surface area contributed by atoms with Gasteiger partial charge in [-0.15, -0.1) is 0 Å². The van der Waals surface area contributed by atoms with Crippen LogP contribution in [0.4, 0.5) is 180 Å². The summed E-state index contributed by atoms with van der Waals surface area (Å²) in [4.78, 5) is 1.99. The monoisotopic (exact) mass is 1780 g/mol. The van der Waals surface area contributed by atoms with Crippen LogP contribution in [0.5, 0.6) is 0 Å². The first-order valence-corrected chi connectivity index (χ1v) is 36.0. The Hall–Kier alpha value is -5.49. The average Bonchev–Trinajstić information content (AvgIpc) is 0.713. The molecule has 1 N–H and O–H groups in total. The number of halogens is 42. The molecule has 0 aliphatic rings. The quantitative estimate of drug-likeness (QED) is 0.0310. The molecule has 0 fully saturated rings. The molecule has 0 amide bonds. The molecular formula is C48H2F41ILi2N2O4P6. The summed E-state index contributed by atoms with van der Waals surface area (Å²) in [6.45, 7) is 0. The minimum absolute atomic E-state index is 0. The molecule has 1 atom stereocenters. The third-order valence-corrected chi connectivity index (χ3v) is 26.8. The van der Waals surface area contributed by atoms with E-state index < -0.39 is 304 Å². The summed E-state index contributed by atoms with van der Waals surface area (Å²) in [6.07, 6.45) is 0. The molecule has 0 aliphatic heterocycles. The first-order valence-electron chi connectivity index (χ1n) is 23.5. The fraction of sp³-hybridized carbons (Fsp3) is 0. The molecular weight excluding hydrogens is 1770 g/mol. The van der Waals surface area contributed by atoms with E-state index in [4.69, 9.17) is 0 Å². The number of benzene rings is 8. The molecule has 56 heteroatoms. The molecule has 104 heavy (non-hydrogen) atoms. The molecule has 8 aromatic carbocycles. The normalized spacial score (nSPS) is 12.1. The molecule has 6 nitrogen and oxygen atoms in total. The van der Waals surface area contributed by atoms with Gasteiger partial charge in [-0.1, -0.05) is 22.0 Å². The van der Waals surface area contributed by atoms with E-state index in [1.807, 2.05) is 26.9 Å². The number of nitrogens with one attached hydrogen (secondary N) is 1. The van der Waals surface area contributed by atoms with Crippen LogP contribution in [0.25, 0.3) is 4.86 Å². The van der Waals surface area contributed by atoms with E-state index in [0.29, 0.717) is 5.91 Å². The van der Waals surface area contributed by atoms with Crippen LogP contribution in [0, 0.1) is 233 Å². The minimum atomic E-state index is -8.11. The predicted molar refractivity (Wildman–Crippen MR) is 274 cm³/mol. The van der Waals surface area contributed by atoms with Crippen molar-refractivity contribution in [3.05, 3.63) is 238 Å². The number of hydrogen-bond acceptors (Lipinski definition) is 4. The van der Waals surface area contributed by atoms with E-state index >= 15 is 70.2 Å². The van der Waals surface area contributed by atoms with Gasteiger partial charge in [0, 0.05) is 0 Å². The Morgan fingerprint density at radius 1 is 0.212 bits per heavy atom. The van der Waals surface area contributed by atoms with Crippen molar-refractivity contribution in [2.75, 3.05) is 0 Å². The van der Waals surface area contributed by atoms with E-state index in [1.165, 1.54) is 0 Å².